The Labute approximate surface area is 328 Å². The molecule has 3 heterocycles. The Hall–Kier alpha value is -7.62. The van der Waals surface area contributed by atoms with Gasteiger partial charge in [-0.2, -0.15) is 0 Å². The molecule has 0 saturated carbocycles. The third kappa shape index (κ3) is 4.92. The van der Waals surface area contributed by atoms with Gasteiger partial charge in [0.1, 0.15) is 11.2 Å². The minimum absolute atomic E-state index is 0.880. The Morgan fingerprint density at radius 2 is 0.842 bits per heavy atom. The summed E-state index contributed by atoms with van der Waals surface area (Å²) in [5, 5.41) is 7.14. The third-order valence-corrected chi connectivity index (χ3v) is 11.7. The largest absolute Gasteiger partial charge is 0.456 e. The molecular weight excluding hydrogens is 693 g/mol. The third-order valence-electron chi connectivity index (χ3n) is 11.7. The SMILES string of the molecule is c1ccc(-c2cccc(-n3c4ccccc4c4cc(-c5ccc6c7ccccc7n(-c7cc(-c8ccccc8)cc8oc9ccccc9c78)c6c5)ccc43)c2)cc1. The van der Waals surface area contributed by atoms with E-state index in [1.165, 1.54) is 54.8 Å². The molecule has 0 fully saturated rings. The summed E-state index contributed by atoms with van der Waals surface area (Å²) < 4.78 is 11.5. The molecule has 0 radical (unpaired) electrons. The van der Waals surface area contributed by atoms with Crippen molar-refractivity contribution in [3.63, 3.8) is 0 Å². The molecule has 0 aliphatic rings. The fourth-order valence-electron chi connectivity index (χ4n) is 9.10. The second kappa shape index (κ2) is 12.5. The summed E-state index contributed by atoms with van der Waals surface area (Å²) in [6.07, 6.45) is 0. The van der Waals surface area contributed by atoms with Crippen LogP contribution in [0.4, 0.5) is 0 Å². The normalized spacial score (nSPS) is 11.9. The average molecular weight is 727 g/mol. The zero-order valence-electron chi connectivity index (χ0n) is 30.9. The molecule has 3 nitrogen and oxygen atoms in total. The van der Waals surface area contributed by atoms with Gasteiger partial charge in [0.2, 0.25) is 0 Å². The summed E-state index contributed by atoms with van der Waals surface area (Å²) in [5.41, 5.74) is 15.8. The first kappa shape index (κ1) is 31.7. The van der Waals surface area contributed by atoms with Crippen LogP contribution in [0.5, 0.6) is 0 Å². The molecule has 266 valence electrons. The van der Waals surface area contributed by atoms with E-state index in [9.17, 15) is 0 Å². The van der Waals surface area contributed by atoms with Gasteiger partial charge in [-0.25, -0.2) is 0 Å². The number of hydrogen-bond acceptors (Lipinski definition) is 1. The summed E-state index contributed by atoms with van der Waals surface area (Å²) >= 11 is 0. The quantitative estimate of drug-likeness (QED) is 0.173. The number of aromatic nitrogens is 2. The zero-order chi connectivity index (χ0) is 37.5. The van der Waals surface area contributed by atoms with E-state index in [-0.39, 0.29) is 0 Å². The molecule has 0 atom stereocenters. The van der Waals surface area contributed by atoms with E-state index in [1.54, 1.807) is 0 Å². The molecule has 57 heavy (non-hydrogen) atoms. The van der Waals surface area contributed by atoms with Crippen molar-refractivity contribution in [3.05, 3.63) is 206 Å². The Morgan fingerprint density at radius 3 is 1.63 bits per heavy atom. The van der Waals surface area contributed by atoms with Crippen LogP contribution in [0.25, 0.3) is 110 Å². The van der Waals surface area contributed by atoms with Gasteiger partial charge in [-0.15, -0.1) is 0 Å². The zero-order valence-corrected chi connectivity index (χ0v) is 30.9. The van der Waals surface area contributed by atoms with Gasteiger partial charge in [0.25, 0.3) is 0 Å². The van der Waals surface area contributed by atoms with E-state index >= 15 is 0 Å². The molecule has 0 unspecified atom stereocenters. The lowest BCUT2D eigenvalue weighted by Gasteiger charge is -2.13. The van der Waals surface area contributed by atoms with Gasteiger partial charge in [0, 0.05) is 32.6 Å². The molecule has 0 saturated heterocycles. The maximum absolute atomic E-state index is 6.59. The van der Waals surface area contributed by atoms with Gasteiger partial charge in [-0.1, -0.05) is 146 Å². The Morgan fingerprint density at radius 1 is 0.281 bits per heavy atom. The van der Waals surface area contributed by atoms with Crippen molar-refractivity contribution in [1.29, 1.82) is 0 Å². The van der Waals surface area contributed by atoms with Crippen molar-refractivity contribution >= 4 is 65.6 Å². The molecular formula is C54H34N2O. The van der Waals surface area contributed by atoms with Gasteiger partial charge in [-0.3, -0.25) is 0 Å². The lowest BCUT2D eigenvalue weighted by atomic mass is 10.0. The van der Waals surface area contributed by atoms with E-state index in [4.69, 9.17) is 4.42 Å². The van der Waals surface area contributed by atoms with Crippen LogP contribution in [0.15, 0.2) is 211 Å². The lowest BCUT2D eigenvalue weighted by molar-refractivity contribution is 0.669. The molecule has 0 N–H and O–H groups in total. The van der Waals surface area contributed by atoms with Crippen LogP contribution in [0.3, 0.4) is 0 Å². The lowest BCUT2D eigenvalue weighted by Crippen LogP contribution is -1.96. The molecule has 0 aliphatic carbocycles. The fraction of sp³-hybridized carbons (Fsp3) is 0. The highest BCUT2D eigenvalue weighted by Gasteiger charge is 2.21. The van der Waals surface area contributed by atoms with E-state index in [2.05, 4.69) is 209 Å². The maximum atomic E-state index is 6.59. The van der Waals surface area contributed by atoms with Crippen LogP contribution in [-0.4, -0.2) is 9.13 Å². The first-order valence-corrected chi connectivity index (χ1v) is 19.5. The van der Waals surface area contributed by atoms with Crippen molar-refractivity contribution in [2.75, 3.05) is 0 Å². The second-order valence-electron chi connectivity index (χ2n) is 14.9. The first-order valence-electron chi connectivity index (χ1n) is 19.5. The molecule has 9 aromatic carbocycles. The Bertz CT molecular complexity index is 3510. The average Bonchev–Trinajstić information content (AvgIpc) is 3.94. The first-order chi connectivity index (χ1) is 28.3. The fourth-order valence-corrected chi connectivity index (χ4v) is 9.10. The van der Waals surface area contributed by atoms with E-state index < -0.39 is 0 Å². The van der Waals surface area contributed by atoms with Crippen LogP contribution >= 0.6 is 0 Å². The summed E-state index contributed by atoms with van der Waals surface area (Å²) in [6.45, 7) is 0. The molecule has 0 aliphatic heterocycles. The highest BCUT2D eigenvalue weighted by Crippen LogP contribution is 2.43. The Kier molecular flexibility index (Phi) is 6.93. The highest BCUT2D eigenvalue weighted by molar-refractivity contribution is 6.16. The minimum Gasteiger partial charge on any atom is -0.456 e. The summed E-state index contributed by atoms with van der Waals surface area (Å²) in [5.74, 6) is 0. The second-order valence-corrected chi connectivity index (χ2v) is 14.9. The number of furan rings is 1. The van der Waals surface area contributed by atoms with Crippen LogP contribution in [0, 0.1) is 0 Å². The number of benzene rings is 9. The number of para-hydroxylation sites is 3. The van der Waals surface area contributed by atoms with Gasteiger partial charge >= 0.3 is 0 Å². The van der Waals surface area contributed by atoms with Crippen molar-refractivity contribution in [2.24, 2.45) is 0 Å². The van der Waals surface area contributed by atoms with Crippen molar-refractivity contribution in [3.8, 4) is 44.8 Å². The highest BCUT2D eigenvalue weighted by atomic mass is 16.3. The monoisotopic (exact) mass is 726 g/mol. The van der Waals surface area contributed by atoms with Gasteiger partial charge in [-0.05, 0) is 94.0 Å². The summed E-state index contributed by atoms with van der Waals surface area (Å²) in [6, 6.07) is 74.5. The predicted molar refractivity (Wildman–Crippen MR) is 239 cm³/mol. The van der Waals surface area contributed by atoms with Crippen molar-refractivity contribution in [1.82, 2.24) is 9.13 Å². The molecule has 12 rings (SSSR count). The molecule has 0 amide bonds. The molecule has 0 bridgehead atoms. The summed E-state index contributed by atoms with van der Waals surface area (Å²) in [4.78, 5) is 0. The molecule has 0 spiro atoms. The van der Waals surface area contributed by atoms with Gasteiger partial charge in [0.05, 0.1) is 33.1 Å². The number of hydrogen-bond donors (Lipinski definition) is 0. The van der Waals surface area contributed by atoms with Crippen LogP contribution in [0.1, 0.15) is 0 Å². The van der Waals surface area contributed by atoms with E-state index in [0.29, 0.717) is 0 Å². The molecule has 3 heteroatoms. The van der Waals surface area contributed by atoms with Crippen LogP contribution < -0.4 is 0 Å². The smallest absolute Gasteiger partial charge is 0.138 e. The molecule has 12 aromatic rings. The standard InChI is InChI=1S/C54H34N2O/c1-3-14-35(15-4-1)37-18-13-19-41(30-37)55-47-23-10-8-21-43(47)46-31-38(27-29-49(46)55)39-26-28-44-42-20-7-11-24-48(42)56(50(44)32-39)51-33-40(36-16-5-2-6-17-36)34-53-54(51)45-22-9-12-25-52(45)57-53/h1-34H. The van der Waals surface area contributed by atoms with Crippen molar-refractivity contribution < 1.29 is 4.42 Å². The van der Waals surface area contributed by atoms with Gasteiger partial charge < -0.3 is 13.6 Å². The van der Waals surface area contributed by atoms with Crippen molar-refractivity contribution in [2.45, 2.75) is 0 Å². The van der Waals surface area contributed by atoms with Crippen LogP contribution in [0.2, 0.25) is 0 Å². The topological polar surface area (TPSA) is 23.0 Å². The summed E-state index contributed by atoms with van der Waals surface area (Å²) in [7, 11) is 0. The Balaban J connectivity index is 1.08. The maximum Gasteiger partial charge on any atom is 0.138 e. The predicted octanol–water partition coefficient (Wildman–Crippen LogP) is 14.8. The number of rotatable bonds is 5. The minimum atomic E-state index is 0.880. The van der Waals surface area contributed by atoms with E-state index in [0.717, 1.165) is 55.5 Å². The number of fused-ring (bicyclic) bond motifs is 9. The number of nitrogens with zero attached hydrogens (tertiary/aromatic N) is 2. The van der Waals surface area contributed by atoms with E-state index in [1.807, 2.05) is 6.07 Å². The van der Waals surface area contributed by atoms with Gasteiger partial charge in [0.15, 0.2) is 0 Å². The van der Waals surface area contributed by atoms with Crippen LogP contribution in [-0.2, 0) is 0 Å². The molecule has 3 aromatic heterocycles.